The molecule has 2 atom stereocenters. The summed E-state index contributed by atoms with van der Waals surface area (Å²) in [6.07, 6.45) is 0. The molecule has 2 N–H and O–H groups in total. The second kappa shape index (κ2) is 8.31. The molecule has 0 spiro atoms. The molecular weight excluding hydrogens is 326 g/mol. The molecule has 0 aliphatic heterocycles. The second-order valence-electron chi connectivity index (χ2n) is 5.13. The van der Waals surface area contributed by atoms with Crippen molar-refractivity contribution in [2.75, 3.05) is 0 Å². The highest BCUT2D eigenvalue weighted by Gasteiger charge is 2.27. The number of aliphatic carboxylic acids is 1. The van der Waals surface area contributed by atoms with Gasteiger partial charge in [-0.25, -0.2) is 0 Å². The standard InChI is InChI=1S/C18H17NO4S/c1-12(19-16(20)14-10-6-3-7-11-14)18(23)24-15(17(21)22)13-8-4-2-5-9-13/h2-12,15H,1H3,(H,19,20)(H,21,22)/t12-,15-/m1/s1. The van der Waals surface area contributed by atoms with Gasteiger partial charge in [-0.1, -0.05) is 60.3 Å². The number of rotatable bonds is 6. The summed E-state index contributed by atoms with van der Waals surface area (Å²) in [5.41, 5.74) is 0.977. The summed E-state index contributed by atoms with van der Waals surface area (Å²) in [5.74, 6) is -1.47. The molecule has 0 aliphatic carbocycles. The zero-order valence-corrected chi connectivity index (χ0v) is 13.8. The van der Waals surface area contributed by atoms with E-state index in [-0.39, 0.29) is 5.91 Å². The van der Waals surface area contributed by atoms with Crippen molar-refractivity contribution in [3.05, 3.63) is 71.8 Å². The van der Waals surface area contributed by atoms with E-state index >= 15 is 0 Å². The van der Waals surface area contributed by atoms with E-state index < -0.39 is 22.4 Å². The maximum Gasteiger partial charge on any atom is 0.321 e. The van der Waals surface area contributed by atoms with Crippen LogP contribution in [0, 0.1) is 0 Å². The van der Waals surface area contributed by atoms with Gasteiger partial charge >= 0.3 is 5.97 Å². The number of thioether (sulfide) groups is 1. The minimum Gasteiger partial charge on any atom is -0.480 e. The number of hydrogen-bond donors (Lipinski definition) is 2. The van der Waals surface area contributed by atoms with E-state index in [1.54, 1.807) is 67.6 Å². The lowest BCUT2D eigenvalue weighted by atomic mass is 10.1. The molecule has 0 radical (unpaired) electrons. The first-order chi connectivity index (χ1) is 11.5. The predicted octanol–water partition coefficient (Wildman–Crippen LogP) is 2.89. The SMILES string of the molecule is C[C@@H](NC(=O)c1ccccc1)C(=O)S[C@@H](C(=O)O)c1ccccc1. The first-order valence-corrected chi connectivity index (χ1v) is 8.21. The fourth-order valence-electron chi connectivity index (χ4n) is 2.04. The Labute approximate surface area is 144 Å². The summed E-state index contributed by atoms with van der Waals surface area (Å²) < 4.78 is 0. The topological polar surface area (TPSA) is 83.5 Å². The van der Waals surface area contributed by atoms with Gasteiger partial charge in [0.1, 0.15) is 5.25 Å². The molecule has 124 valence electrons. The van der Waals surface area contributed by atoms with E-state index in [2.05, 4.69) is 5.32 Å². The van der Waals surface area contributed by atoms with Crippen molar-refractivity contribution in [3.8, 4) is 0 Å². The molecule has 0 aromatic heterocycles. The van der Waals surface area contributed by atoms with Gasteiger partial charge in [-0.3, -0.25) is 14.4 Å². The van der Waals surface area contributed by atoms with Crippen LogP contribution in [0.5, 0.6) is 0 Å². The molecule has 1 amide bonds. The minimum atomic E-state index is -1.10. The van der Waals surface area contributed by atoms with E-state index in [0.717, 1.165) is 0 Å². The smallest absolute Gasteiger partial charge is 0.321 e. The summed E-state index contributed by atoms with van der Waals surface area (Å²) in [7, 11) is 0. The van der Waals surface area contributed by atoms with Gasteiger partial charge in [0.05, 0.1) is 6.04 Å². The van der Waals surface area contributed by atoms with Gasteiger partial charge in [0.15, 0.2) is 0 Å². The Kier molecular flexibility index (Phi) is 6.14. The summed E-state index contributed by atoms with van der Waals surface area (Å²) >= 11 is 0.698. The van der Waals surface area contributed by atoms with Gasteiger partial charge in [0.25, 0.3) is 5.91 Å². The molecule has 24 heavy (non-hydrogen) atoms. The number of benzene rings is 2. The lowest BCUT2D eigenvalue weighted by Crippen LogP contribution is -2.37. The van der Waals surface area contributed by atoms with E-state index in [0.29, 0.717) is 22.9 Å². The van der Waals surface area contributed by atoms with Gasteiger partial charge < -0.3 is 10.4 Å². The number of nitrogens with one attached hydrogen (secondary N) is 1. The van der Waals surface area contributed by atoms with Crippen molar-refractivity contribution in [2.24, 2.45) is 0 Å². The van der Waals surface area contributed by atoms with Gasteiger partial charge in [-0.15, -0.1) is 0 Å². The molecule has 2 aromatic rings. The fourth-order valence-corrected chi connectivity index (χ4v) is 2.92. The molecule has 0 bridgehead atoms. The van der Waals surface area contributed by atoms with Gasteiger partial charge in [0.2, 0.25) is 5.12 Å². The van der Waals surface area contributed by atoms with Crippen molar-refractivity contribution in [1.29, 1.82) is 0 Å². The first-order valence-electron chi connectivity index (χ1n) is 7.33. The van der Waals surface area contributed by atoms with Crippen LogP contribution in [0.15, 0.2) is 60.7 Å². The monoisotopic (exact) mass is 343 g/mol. The third-order valence-corrected chi connectivity index (χ3v) is 4.59. The Hall–Kier alpha value is -2.60. The van der Waals surface area contributed by atoms with Crippen molar-refractivity contribution in [2.45, 2.75) is 18.2 Å². The van der Waals surface area contributed by atoms with Crippen LogP contribution in [0.25, 0.3) is 0 Å². The van der Waals surface area contributed by atoms with Crippen LogP contribution in [-0.4, -0.2) is 28.1 Å². The van der Waals surface area contributed by atoms with Crippen molar-refractivity contribution < 1.29 is 19.5 Å². The zero-order valence-electron chi connectivity index (χ0n) is 13.0. The van der Waals surface area contributed by atoms with Gasteiger partial charge in [-0.2, -0.15) is 0 Å². The molecule has 0 aliphatic rings. The minimum absolute atomic E-state index is 0.372. The van der Waals surface area contributed by atoms with E-state index in [4.69, 9.17) is 0 Å². The lowest BCUT2D eigenvalue weighted by Gasteiger charge is -2.16. The Bertz CT molecular complexity index is 718. The van der Waals surface area contributed by atoms with Crippen LogP contribution in [0.2, 0.25) is 0 Å². The Morgan fingerprint density at radius 1 is 0.958 bits per heavy atom. The molecule has 0 fully saturated rings. The van der Waals surface area contributed by atoms with Crippen molar-refractivity contribution >= 4 is 28.8 Å². The third-order valence-electron chi connectivity index (χ3n) is 3.30. The Morgan fingerprint density at radius 3 is 2.04 bits per heavy atom. The zero-order chi connectivity index (χ0) is 17.5. The lowest BCUT2D eigenvalue weighted by molar-refractivity contribution is -0.136. The van der Waals surface area contributed by atoms with Gasteiger partial charge in [0, 0.05) is 5.56 Å². The van der Waals surface area contributed by atoms with Crippen molar-refractivity contribution in [1.82, 2.24) is 5.32 Å². The quantitative estimate of drug-likeness (QED) is 0.842. The molecule has 0 saturated heterocycles. The molecule has 5 nitrogen and oxygen atoms in total. The van der Waals surface area contributed by atoms with Crippen LogP contribution >= 0.6 is 11.8 Å². The van der Waals surface area contributed by atoms with Crippen LogP contribution in [0.3, 0.4) is 0 Å². The maximum atomic E-state index is 12.3. The second-order valence-corrected chi connectivity index (χ2v) is 6.24. The number of carbonyl (C=O) groups excluding carboxylic acids is 2. The number of carbonyl (C=O) groups is 3. The number of carboxylic acid groups (broad SMARTS) is 1. The molecule has 0 saturated carbocycles. The predicted molar refractivity (Wildman–Crippen MR) is 92.8 cm³/mol. The average Bonchev–Trinajstić information content (AvgIpc) is 2.60. The molecule has 2 rings (SSSR count). The van der Waals surface area contributed by atoms with Crippen LogP contribution < -0.4 is 5.32 Å². The molecular formula is C18H17NO4S. The average molecular weight is 343 g/mol. The Morgan fingerprint density at radius 2 is 1.50 bits per heavy atom. The van der Waals surface area contributed by atoms with E-state index in [1.165, 1.54) is 0 Å². The van der Waals surface area contributed by atoms with Crippen LogP contribution in [0.1, 0.15) is 28.1 Å². The summed E-state index contributed by atoms with van der Waals surface area (Å²) in [4.78, 5) is 35.8. The maximum absolute atomic E-state index is 12.3. The number of hydrogen-bond acceptors (Lipinski definition) is 4. The first kappa shape index (κ1) is 17.7. The normalized spacial score (nSPS) is 12.9. The highest BCUT2D eigenvalue weighted by atomic mass is 32.2. The third kappa shape index (κ3) is 4.70. The molecule has 0 unspecified atom stereocenters. The van der Waals surface area contributed by atoms with E-state index in [1.807, 2.05) is 0 Å². The number of amides is 1. The van der Waals surface area contributed by atoms with Gasteiger partial charge in [-0.05, 0) is 24.6 Å². The summed E-state index contributed by atoms with van der Waals surface area (Å²) in [6, 6.07) is 16.3. The highest BCUT2D eigenvalue weighted by Crippen LogP contribution is 2.30. The van der Waals surface area contributed by atoms with Crippen molar-refractivity contribution in [3.63, 3.8) is 0 Å². The molecule has 2 aromatic carbocycles. The molecule has 0 heterocycles. The van der Waals surface area contributed by atoms with E-state index in [9.17, 15) is 19.5 Å². The molecule has 6 heteroatoms. The summed E-state index contributed by atoms with van der Waals surface area (Å²) in [6.45, 7) is 1.54. The highest BCUT2D eigenvalue weighted by molar-refractivity contribution is 8.14. The Balaban J connectivity index is 2.02. The van der Waals surface area contributed by atoms with Crippen LogP contribution in [-0.2, 0) is 9.59 Å². The largest absolute Gasteiger partial charge is 0.480 e. The van der Waals surface area contributed by atoms with Crippen LogP contribution in [0.4, 0.5) is 0 Å². The summed E-state index contributed by atoms with van der Waals surface area (Å²) in [5, 5.41) is 10.5. The fraction of sp³-hybridized carbons (Fsp3) is 0.167. The number of carboxylic acids is 1.